The van der Waals surface area contributed by atoms with Crippen LogP contribution in [0.5, 0.6) is 5.75 Å². The Bertz CT molecular complexity index is 632. The number of aromatic amines is 1. The third kappa shape index (κ3) is 3.73. The van der Waals surface area contributed by atoms with Crippen molar-refractivity contribution in [2.75, 3.05) is 26.3 Å². The van der Waals surface area contributed by atoms with Crippen molar-refractivity contribution in [3.63, 3.8) is 0 Å². The molecule has 1 saturated heterocycles. The zero-order chi connectivity index (χ0) is 15.4. The smallest absolute Gasteiger partial charge is 0.208 e. The minimum atomic E-state index is 0.182. The Kier molecular flexibility index (Phi) is 5.20. The van der Waals surface area contributed by atoms with Gasteiger partial charge in [0, 0.05) is 10.8 Å². The molecule has 1 atom stereocenters. The highest BCUT2D eigenvalue weighted by molar-refractivity contribution is 7.99. The third-order valence-corrected chi connectivity index (χ3v) is 4.47. The Hall–Kier alpha value is -1.28. The van der Waals surface area contributed by atoms with Gasteiger partial charge >= 0.3 is 0 Å². The van der Waals surface area contributed by atoms with Crippen LogP contribution in [0.2, 0.25) is 5.02 Å². The van der Waals surface area contributed by atoms with Gasteiger partial charge in [0.05, 0.1) is 25.4 Å². The number of halogens is 1. The predicted octanol–water partition coefficient (Wildman–Crippen LogP) is 2.99. The minimum Gasteiger partial charge on any atom is -0.496 e. The molecule has 1 aliphatic heterocycles. The molecule has 0 radical (unpaired) electrons. The second-order valence-electron chi connectivity index (χ2n) is 4.73. The SMILES string of the molecule is COc1ccc(Cl)cc1-c1nc(SC[C@@H]2CCOCO2)n[nH]1. The Morgan fingerprint density at radius 3 is 3.18 bits per heavy atom. The van der Waals surface area contributed by atoms with E-state index >= 15 is 0 Å². The summed E-state index contributed by atoms with van der Waals surface area (Å²) in [7, 11) is 1.61. The highest BCUT2D eigenvalue weighted by Crippen LogP contribution is 2.31. The number of nitrogens with zero attached hydrogens (tertiary/aromatic N) is 2. The molecule has 0 saturated carbocycles. The quantitative estimate of drug-likeness (QED) is 0.843. The van der Waals surface area contributed by atoms with Crippen LogP contribution >= 0.6 is 23.4 Å². The summed E-state index contributed by atoms with van der Waals surface area (Å²) in [5.41, 5.74) is 0.789. The summed E-state index contributed by atoms with van der Waals surface area (Å²) in [5, 5.41) is 8.44. The molecule has 3 rings (SSSR count). The molecule has 1 aromatic heterocycles. The van der Waals surface area contributed by atoms with Crippen molar-refractivity contribution < 1.29 is 14.2 Å². The topological polar surface area (TPSA) is 69.3 Å². The summed E-state index contributed by atoms with van der Waals surface area (Å²) in [4.78, 5) is 4.49. The van der Waals surface area contributed by atoms with Gasteiger partial charge < -0.3 is 14.2 Å². The van der Waals surface area contributed by atoms with Crippen molar-refractivity contribution in [3.05, 3.63) is 23.2 Å². The maximum absolute atomic E-state index is 6.04. The Morgan fingerprint density at radius 2 is 2.41 bits per heavy atom. The summed E-state index contributed by atoms with van der Waals surface area (Å²) < 4.78 is 16.0. The van der Waals surface area contributed by atoms with E-state index in [0.29, 0.717) is 28.5 Å². The van der Waals surface area contributed by atoms with Gasteiger partial charge in [-0.25, -0.2) is 4.98 Å². The number of thioether (sulfide) groups is 1. The fourth-order valence-electron chi connectivity index (χ4n) is 2.10. The molecule has 2 aromatic rings. The first kappa shape index (κ1) is 15.6. The van der Waals surface area contributed by atoms with Gasteiger partial charge in [-0.1, -0.05) is 23.4 Å². The second-order valence-corrected chi connectivity index (χ2v) is 6.15. The number of benzene rings is 1. The number of hydrogen-bond acceptors (Lipinski definition) is 6. The lowest BCUT2D eigenvalue weighted by Crippen LogP contribution is -2.25. The Labute approximate surface area is 137 Å². The van der Waals surface area contributed by atoms with Crippen molar-refractivity contribution in [3.8, 4) is 17.1 Å². The summed E-state index contributed by atoms with van der Waals surface area (Å²) in [6, 6.07) is 5.39. The molecular weight excluding hydrogens is 326 g/mol. The molecule has 0 unspecified atom stereocenters. The van der Waals surface area contributed by atoms with Crippen LogP contribution in [0.3, 0.4) is 0 Å². The molecule has 1 aromatic carbocycles. The van der Waals surface area contributed by atoms with Crippen molar-refractivity contribution in [2.45, 2.75) is 17.7 Å². The summed E-state index contributed by atoms with van der Waals surface area (Å²) in [5.74, 6) is 2.13. The van der Waals surface area contributed by atoms with Crippen LogP contribution in [0.15, 0.2) is 23.4 Å². The number of H-pyrrole nitrogens is 1. The van der Waals surface area contributed by atoms with Crippen LogP contribution in [0.1, 0.15) is 6.42 Å². The molecule has 0 spiro atoms. The predicted molar refractivity (Wildman–Crippen MR) is 84.4 cm³/mol. The van der Waals surface area contributed by atoms with E-state index in [1.807, 2.05) is 6.07 Å². The molecular formula is C14H16ClN3O3S. The van der Waals surface area contributed by atoms with Crippen molar-refractivity contribution in [1.29, 1.82) is 0 Å². The molecule has 0 amide bonds. The molecule has 1 aliphatic rings. The second kappa shape index (κ2) is 7.32. The monoisotopic (exact) mass is 341 g/mol. The molecule has 2 heterocycles. The molecule has 1 fully saturated rings. The highest BCUT2D eigenvalue weighted by Gasteiger charge is 2.17. The Morgan fingerprint density at radius 1 is 1.50 bits per heavy atom. The van der Waals surface area contributed by atoms with E-state index in [9.17, 15) is 0 Å². The fourth-order valence-corrected chi connectivity index (χ4v) is 3.13. The normalized spacial score (nSPS) is 18.4. The lowest BCUT2D eigenvalue weighted by Gasteiger charge is -2.21. The van der Waals surface area contributed by atoms with E-state index in [1.54, 1.807) is 31.0 Å². The standard InChI is InChI=1S/C14H16ClN3O3S/c1-19-12-3-2-9(15)6-11(12)13-16-14(18-17-13)22-7-10-4-5-20-8-21-10/h2-3,6,10H,4-5,7-8H2,1H3,(H,16,17,18)/t10-/m0/s1. The van der Waals surface area contributed by atoms with Crippen LogP contribution in [0.4, 0.5) is 0 Å². The minimum absolute atomic E-state index is 0.182. The number of methoxy groups -OCH3 is 1. The largest absolute Gasteiger partial charge is 0.496 e. The van der Waals surface area contributed by atoms with E-state index in [4.69, 9.17) is 25.8 Å². The van der Waals surface area contributed by atoms with E-state index in [1.165, 1.54) is 0 Å². The number of nitrogens with one attached hydrogen (secondary N) is 1. The fraction of sp³-hybridized carbons (Fsp3) is 0.429. The molecule has 0 bridgehead atoms. The third-order valence-electron chi connectivity index (χ3n) is 3.25. The van der Waals surface area contributed by atoms with Crippen molar-refractivity contribution in [2.24, 2.45) is 0 Å². The van der Waals surface area contributed by atoms with E-state index in [-0.39, 0.29) is 6.10 Å². The zero-order valence-electron chi connectivity index (χ0n) is 12.0. The van der Waals surface area contributed by atoms with E-state index in [2.05, 4.69) is 15.2 Å². The van der Waals surface area contributed by atoms with Gasteiger partial charge in [-0.05, 0) is 24.6 Å². The van der Waals surface area contributed by atoms with Gasteiger partial charge in [0.25, 0.3) is 0 Å². The first-order chi connectivity index (χ1) is 10.8. The first-order valence-corrected chi connectivity index (χ1v) is 8.21. The van der Waals surface area contributed by atoms with Crippen LogP contribution in [-0.4, -0.2) is 47.5 Å². The van der Waals surface area contributed by atoms with Gasteiger partial charge in [-0.2, -0.15) is 0 Å². The average molecular weight is 342 g/mol. The number of rotatable bonds is 5. The first-order valence-electron chi connectivity index (χ1n) is 6.84. The number of aromatic nitrogens is 3. The van der Waals surface area contributed by atoms with Crippen LogP contribution in [0, 0.1) is 0 Å². The van der Waals surface area contributed by atoms with Crippen LogP contribution in [0.25, 0.3) is 11.4 Å². The van der Waals surface area contributed by atoms with Crippen LogP contribution < -0.4 is 4.74 Å². The van der Waals surface area contributed by atoms with Gasteiger partial charge in [0.2, 0.25) is 5.16 Å². The summed E-state index contributed by atoms with van der Waals surface area (Å²) in [6.45, 7) is 1.11. The van der Waals surface area contributed by atoms with Gasteiger partial charge in [0.15, 0.2) is 5.82 Å². The molecule has 22 heavy (non-hydrogen) atoms. The molecule has 0 aliphatic carbocycles. The number of ether oxygens (including phenoxy) is 3. The molecule has 118 valence electrons. The van der Waals surface area contributed by atoms with Gasteiger partial charge in [-0.3, -0.25) is 5.10 Å². The summed E-state index contributed by atoms with van der Waals surface area (Å²) in [6.07, 6.45) is 1.08. The lowest BCUT2D eigenvalue weighted by molar-refractivity contribution is -0.130. The van der Waals surface area contributed by atoms with Gasteiger partial charge in [-0.15, -0.1) is 5.10 Å². The highest BCUT2D eigenvalue weighted by atomic mass is 35.5. The molecule has 6 nitrogen and oxygen atoms in total. The van der Waals surface area contributed by atoms with Crippen molar-refractivity contribution in [1.82, 2.24) is 15.2 Å². The molecule has 8 heteroatoms. The zero-order valence-corrected chi connectivity index (χ0v) is 13.6. The van der Waals surface area contributed by atoms with Crippen LogP contribution in [-0.2, 0) is 9.47 Å². The molecule has 1 N–H and O–H groups in total. The maximum atomic E-state index is 6.04. The van der Waals surface area contributed by atoms with E-state index < -0.39 is 0 Å². The Balaban J connectivity index is 1.69. The van der Waals surface area contributed by atoms with Crippen molar-refractivity contribution >= 4 is 23.4 Å². The van der Waals surface area contributed by atoms with E-state index in [0.717, 1.165) is 24.3 Å². The number of hydrogen-bond donors (Lipinski definition) is 1. The lowest BCUT2D eigenvalue weighted by atomic mass is 10.2. The average Bonchev–Trinajstić information content (AvgIpc) is 3.03. The maximum Gasteiger partial charge on any atom is 0.208 e. The van der Waals surface area contributed by atoms with Gasteiger partial charge in [0.1, 0.15) is 12.5 Å². The summed E-state index contributed by atoms with van der Waals surface area (Å²) >= 11 is 7.59.